The number of benzene rings is 2. The highest BCUT2D eigenvalue weighted by Crippen LogP contribution is 2.22. The normalized spacial score (nSPS) is 20.2. The van der Waals surface area contributed by atoms with Crippen molar-refractivity contribution in [2.75, 3.05) is 22.1 Å². The highest BCUT2D eigenvalue weighted by atomic mass is 15.0. The standard InChI is InChI=1S/C16H18N4/c17-11-1-5-13(6-2-11)19-15-9-10-16(15)20-14-7-3-12(18)4-8-14/h1-10,15-16,19-20H,17-18H2. The summed E-state index contributed by atoms with van der Waals surface area (Å²) in [5, 5.41) is 6.92. The maximum Gasteiger partial charge on any atom is 0.0682 e. The molecule has 0 amide bonds. The summed E-state index contributed by atoms with van der Waals surface area (Å²) in [6.45, 7) is 0. The van der Waals surface area contributed by atoms with Crippen LogP contribution in [-0.4, -0.2) is 12.1 Å². The zero-order chi connectivity index (χ0) is 13.9. The third-order valence-electron chi connectivity index (χ3n) is 3.40. The van der Waals surface area contributed by atoms with Crippen LogP contribution in [0.1, 0.15) is 0 Å². The molecule has 0 aliphatic heterocycles. The zero-order valence-corrected chi connectivity index (χ0v) is 11.1. The number of nitrogen functional groups attached to an aromatic ring is 2. The van der Waals surface area contributed by atoms with E-state index in [1.807, 2.05) is 48.5 Å². The van der Waals surface area contributed by atoms with E-state index in [1.165, 1.54) is 0 Å². The van der Waals surface area contributed by atoms with Gasteiger partial charge in [0.2, 0.25) is 0 Å². The van der Waals surface area contributed by atoms with Crippen molar-refractivity contribution >= 4 is 22.7 Å². The Hall–Kier alpha value is -2.62. The van der Waals surface area contributed by atoms with Gasteiger partial charge in [-0.05, 0) is 48.5 Å². The van der Waals surface area contributed by atoms with E-state index in [1.54, 1.807) is 0 Å². The Kier molecular flexibility index (Phi) is 3.21. The van der Waals surface area contributed by atoms with Crippen molar-refractivity contribution in [3.8, 4) is 0 Å². The molecule has 6 N–H and O–H groups in total. The Morgan fingerprint density at radius 2 is 0.950 bits per heavy atom. The molecule has 1 aliphatic rings. The molecule has 2 aromatic rings. The predicted octanol–water partition coefficient (Wildman–Crippen LogP) is 2.68. The fourth-order valence-electron chi connectivity index (χ4n) is 2.15. The first-order valence-electron chi connectivity index (χ1n) is 6.63. The summed E-state index contributed by atoms with van der Waals surface area (Å²) >= 11 is 0. The molecule has 0 radical (unpaired) electrons. The van der Waals surface area contributed by atoms with Crippen molar-refractivity contribution in [2.45, 2.75) is 12.1 Å². The number of nitrogens with two attached hydrogens (primary N) is 2. The molecule has 4 heteroatoms. The highest BCUT2D eigenvalue weighted by Gasteiger charge is 2.23. The summed E-state index contributed by atoms with van der Waals surface area (Å²) in [7, 11) is 0. The SMILES string of the molecule is Nc1ccc(NC2C=CC2Nc2ccc(N)cc2)cc1. The van der Waals surface area contributed by atoms with E-state index >= 15 is 0 Å². The third kappa shape index (κ3) is 2.69. The summed E-state index contributed by atoms with van der Waals surface area (Å²) in [5.74, 6) is 0. The average molecular weight is 266 g/mol. The Bertz CT molecular complexity index is 546. The Morgan fingerprint density at radius 1 is 0.600 bits per heavy atom. The van der Waals surface area contributed by atoms with Crippen LogP contribution in [0, 0.1) is 0 Å². The van der Waals surface area contributed by atoms with Gasteiger partial charge in [-0.3, -0.25) is 0 Å². The second-order valence-electron chi connectivity index (χ2n) is 4.97. The molecule has 0 fully saturated rings. The van der Waals surface area contributed by atoms with Gasteiger partial charge in [0.25, 0.3) is 0 Å². The quantitative estimate of drug-likeness (QED) is 0.507. The van der Waals surface area contributed by atoms with Crippen LogP contribution in [0.3, 0.4) is 0 Å². The molecule has 0 bridgehead atoms. The molecular formula is C16H18N4. The van der Waals surface area contributed by atoms with Gasteiger partial charge >= 0.3 is 0 Å². The molecule has 0 saturated carbocycles. The molecule has 4 nitrogen and oxygen atoms in total. The number of hydrogen-bond acceptors (Lipinski definition) is 4. The van der Waals surface area contributed by atoms with E-state index < -0.39 is 0 Å². The van der Waals surface area contributed by atoms with Gasteiger partial charge in [0.15, 0.2) is 0 Å². The van der Waals surface area contributed by atoms with Crippen LogP contribution >= 0.6 is 0 Å². The van der Waals surface area contributed by atoms with Gasteiger partial charge in [0, 0.05) is 22.7 Å². The summed E-state index contributed by atoms with van der Waals surface area (Å²) in [6, 6.07) is 16.1. The van der Waals surface area contributed by atoms with E-state index in [4.69, 9.17) is 11.5 Å². The van der Waals surface area contributed by atoms with Gasteiger partial charge in [-0.25, -0.2) is 0 Å². The average Bonchev–Trinajstić information content (AvgIpc) is 2.45. The van der Waals surface area contributed by atoms with Crippen molar-refractivity contribution in [3.05, 3.63) is 60.7 Å². The molecule has 2 atom stereocenters. The van der Waals surface area contributed by atoms with Gasteiger partial charge in [0.1, 0.15) is 0 Å². The van der Waals surface area contributed by atoms with Crippen LogP contribution in [-0.2, 0) is 0 Å². The molecule has 1 aliphatic carbocycles. The summed E-state index contributed by atoms with van der Waals surface area (Å²) in [6.07, 6.45) is 4.29. The molecule has 3 rings (SSSR count). The smallest absolute Gasteiger partial charge is 0.0682 e. The molecule has 0 saturated heterocycles. The first-order chi connectivity index (χ1) is 9.70. The first-order valence-corrected chi connectivity index (χ1v) is 6.63. The molecule has 20 heavy (non-hydrogen) atoms. The van der Waals surface area contributed by atoms with Crippen LogP contribution in [0.15, 0.2) is 60.7 Å². The van der Waals surface area contributed by atoms with Crippen molar-refractivity contribution < 1.29 is 0 Å². The third-order valence-corrected chi connectivity index (χ3v) is 3.40. The van der Waals surface area contributed by atoms with Gasteiger partial charge in [0.05, 0.1) is 12.1 Å². The summed E-state index contributed by atoms with van der Waals surface area (Å²) in [5.41, 5.74) is 15.0. The zero-order valence-electron chi connectivity index (χ0n) is 11.1. The van der Waals surface area contributed by atoms with Gasteiger partial charge < -0.3 is 22.1 Å². The monoisotopic (exact) mass is 266 g/mol. The minimum absolute atomic E-state index is 0.274. The number of anilines is 4. The first kappa shape index (κ1) is 12.4. The largest absolute Gasteiger partial charge is 0.399 e. The van der Waals surface area contributed by atoms with Crippen molar-refractivity contribution in [1.82, 2.24) is 0 Å². The second kappa shape index (κ2) is 5.17. The molecule has 0 aromatic heterocycles. The van der Waals surface area contributed by atoms with Gasteiger partial charge in [-0.15, -0.1) is 0 Å². The second-order valence-corrected chi connectivity index (χ2v) is 4.97. The Morgan fingerprint density at radius 3 is 1.25 bits per heavy atom. The maximum atomic E-state index is 5.68. The van der Waals surface area contributed by atoms with Crippen LogP contribution < -0.4 is 22.1 Å². The van der Waals surface area contributed by atoms with E-state index in [9.17, 15) is 0 Å². The van der Waals surface area contributed by atoms with Crippen LogP contribution in [0.4, 0.5) is 22.7 Å². The predicted molar refractivity (Wildman–Crippen MR) is 85.7 cm³/mol. The number of hydrogen-bond donors (Lipinski definition) is 4. The minimum atomic E-state index is 0.274. The molecular weight excluding hydrogens is 248 g/mol. The lowest BCUT2D eigenvalue weighted by Gasteiger charge is -2.32. The van der Waals surface area contributed by atoms with E-state index in [0.717, 1.165) is 22.7 Å². The van der Waals surface area contributed by atoms with Crippen molar-refractivity contribution in [3.63, 3.8) is 0 Å². The van der Waals surface area contributed by atoms with Crippen molar-refractivity contribution in [2.24, 2.45) is 0 Å². The molecule has 102 valence electrons. The lowest BCUT2D eigenvalue weighted by Crippen LogP contribution is -2.42. The topological polar surface area (TPSA) is 76.1 Å². The molecule has 2 unspecified atom stereocenters. The summed E-state index contributed by atoms with van der Waals surface area (Å²) < 4.78 is 0. The van der Waals surface area contributed by atoms with Crippen LogP contribution in [0.25, 0.3) is 0 Å². The number of nitrogens with one attached hydrogen (secondary N) is 2. The molecule has 2 aromatic carbocycles. The minimum Gasteiger partial charge on any atom is -0.399 e. The lowest BCUT2D eigenvalue weighted by molar-refractivity contribution is 0.728. The van der Waals surface area contributed by atoms with Gasteiger partial charge in [-0.1, -0.05) is 12.2 Å². The van der Waals surface area contributed by atoms with E-state index in [0.29, 0.717) is 0 Å². The van der Waals surface area contributed by atoms with Crippen molar-refractivity contribution in [1.29, 1.82) is 0 Å². The van der Waals surface area contributed by atoms with E-state index in [-0.39, 0.29) is 12.1 Å². The fraction of sp³-hybridized carbons (Fsp3) is 0.125. The van der Waals surface area contributed by atoms with Gasteiger partial charge in [-0.2, -0.15) is 0 Å². The number of rotatable bonds is 4. The van der Waals surface area contributed by atoms with Crippen LogP contribution in [0.2, 0.25) is 0 Å². The summed E-state index contributed by atoms with van der Waals surface area (Å²) in [4.78, 5) is 0. The Balaban J connectivity index is 1.61. The molecule has 0 heterocycles. The fourth-order valence-corrected chi connectivity index (χ4v) is 2.15. The van der Waals surface area contributed by atoms with E-state index in [2.05, 4.69) is 22.8 Å². The Labute approximate surface area is 118 Å². The lowest BCUT2D eigenvalue weighted by atomic mass is 9.96. The maximum absolute atomic E-state index is 5.68. The van der Waals surface area contributed by atoms with Crippen LogP contribution in [0.5, 0.6) is 0 Å². The highest BCUT2D eigenvalue weighted by molar-refractivity contribution is 5.57. The molecule has 0 spiro atoms.